The second kappa shape index (κ2) is 8.07. The van der Waals surface area contributed by atoms with Gasteiger partial charge in [0.25, 0.3) is 0 Å². The highest BCUT2D eigenvalue weighted by molar-refractivity contribution is 5.80. The summed E-state index contributed by atoms with van der Waals surface area (Å²) in [5, 5.41) is 0. The normalized spacial score (nSPS) is 19.8. The molecule has 2 aromatic rings. The van der Waals surface area contributed by atoms with E-state index >= 15 is 0 Å². The second-order valence-corrected chi connectivity index (χ2v) is 6.47. The van der Waals surface area contributed by atoms with Crippen molar-refractivity contribution in [2.75, 3.05) is 38.8 Å². The summed E-state index contributed by atoms with van der Waals surface area (Å²) in [5.41, 5.74) is 1.13. The predicted octanol–water partition coefficient (Wildman–Crippen LogP) is 1.83. The number of hydrogen-bond acceptors (Lipinski definition) is 5. The van der Waals surface area contributed by atoms with Gasteiger partial charge in [-0.25, -0.2) is 4.98 Å². The van der Waals surface area contributed by atoms with Gasteiger partial charge in [-0.05, 0) is 5.56 Å². The van der Waals surface area contributed by atoms with Crippen LogP contribution in [0.3, 0.4) is 0 Å². The Balaban J connectivity index is 1.70. The number of carbonyl (C=O) groups is 1. The summed E-state index contributed by atoms with van der Waals surface area (Å²) in [6.45, 7) is 2.57. The summed E-state index contributed by atoms with van der Waals surface area (Å²) in [6.07, 6.45) is 5.07. The molecule has 25 heavy (non-hydrogen) atoms. The molecule has 0 unspecified atom stereocenters. The van der Waals surface area contributed by atoms with Crippen LogP contribution in [0.15, 0.2) is 48.9 Å². The van der Waals surface area contributed by atoms with Gasteiger partial charge in [-0.3, -0.25) is 9.78 Å². The van der Waals surface area contributed by atoms with Gasteiger partial charge in [0.2, 0.25) is 5.91 Å². The number of benzene rings is 1. The molecule has 0 N–H and O–H groups in total. The molecule has 0 spiro atoms. The molecule has 1 saturated heterocycles. The minimum atomic E-state index is -0.101. The van der Waals surface area contributed by atoms with E-state index in [1.165, 1.54) is 0 Å². The van der Waals surface area contributed by atoms with E-state index in [0.29, 0.717) is 19.7 Å². The van der Waals surface area contributed by atoms with Crippen molar-refractivity contribution >= 4 is 11.7 Å². The molecular formula is C19H24N4O2. The lowest BCUT2D eigenvalue weighted by atomic mass is 9.95. The number of anilines is 1. The number of ether oxygens (including phenoxy) is 1. The molecule has 1 fully saturated rings. The number of carbonyl (C=O) groups excluding carboxylic acids is 1. The molecule has 6 heteroatoms. The fourth-order valence-electron chi connectivity index (χ4n) is 3.39. The third kappa shape index (κ3) is 4.14. The Morgan fingerprint density at radius 2 is 2.08 bits per heavy atom. The van der Waals surface area contributed by atoms with Gasteiger partial charge < -0.3 is 14.5 Å². The lowest BCUT2D eigenvalue weighted by Gasteiger charge is -2.24. The van der Waals surface area contributed by atoms with Gasteiger partial charge >= 0.3 is 0 Å². The number of aromatic nitrogens is 2. The van der Waals surface area contributed by atoms with E-state index in [1.54, 1.807) is 25.7 Å². The van der Waals surface area contributed by atoms with Gasteiger partial charge in [-0.1, -0.05) is 30.3 Å². The third-order valence-electron chi connectivity index (χ3n) is 4.65. The molecule has 1 amide bonds. The lowest BCUT2D eigenvalue weighted by Crippen LogP contribution is -2.37. The lowest BCUT2D eigenvalue weighted by molar-refractivity contribution is -0.135. The van der Waals surface area contributed by atoms with Crippen LogP contribution >= 0.6 is 0 Å². The zero-order valence-electron chi connectivity index (χ0n) is 14.7. The van der Waals surface area contributed by atoms with Gasteiger partial charge in [-0.2, -0.15) is 0 Å². The number of amides is 1. The van der Waals surface area contributed by atoms with Crippen molar-refractivity contribution in [3.05, 3.63) is 54.5 Å². The molecule has 1 aromatic carbocycles. The Bertz CT molecular complexity index is 680. The highest BCUT2D eigenvalue weighted by atomic mass is 16.5. The van der Waals surface area contributed by atoms with Crippen LogP contribution in [0.25, 0.3) is 0 Å². The fourth-order valence-corrected chi connectivity index (χ4v) is 3.39. The Kier molecular flexibility index (Phi) is 5.60. The summed E-state index contributed by atoms with van der Waals surface area (Å²) >= 11 is 0. The van der Waals surface area contributed by atoms with Gasteiger partial charge in [0, 0.05) is 52.1 Å². The first-order chi connectivity index (χ1) is 12.2. The standard InChI is InChI=1S/C19H24N4O2/c1-22(11-15-6-4-3-5-7-15)19(24)17-13-23(12-16(17)14-25-2)18-10-20-8-9-21-18/h3-10,16-17H,11-14H2,1-2H3/t16-,17+/m0/s1. The fraction of sp³-hybridized carbons (Fsp3) is 0.421. The number of rotatable bonds is 6. The molecule has 2 atom stereocenters. The maximum absolute atomic E-state index is 13.0. The molecule has 0 bridgehead atoms. The first-order valence-corrected chi connectivity index (χ1v) is 8.48. The average molecular weight is 340 g/mol. The topological polar surface area (TPSA) is 58.6 Å². The van der Waals surface area contributed by atoms with Crippen molar-refractivity contribution in [3.8, 4) is 0 Å². The summed E-state index contributed by atoms with van der Waals surface area (Å²) < 4.78 is 5.35. The molecule has 3 rings (SSSR count). The number of methoxy groups -OCH3 is 1. The molecule has 1 aliphatic rings. The van der Waals surface area contributed by atoms with E-state index < -0.39 is 0 Å². The van der Waals surface area contributed by atoms with Crippen molar-refractivity contribution in [1.82, 2.24) is 14.9 Å². The average Bonchev–Trinajstić information content (AvgIpc) is 3.07. The van der Waals surface area contributed by atoms with Gasteiger partial charge in [0.05, 0.1) is 18.7 Å². The summed E-state index contributed by atoms with van der Waals surface area (Å²) in [5.74, 6) is 1.01. The smallest absolute Gasteiger partial charge is 0.227 e. The predicted molar refractivity (Wildman–Crippen MR) is 96.0 cm³/mol. The minimum absolute atomic E-state index is 0.101. The quantitative estimate of drug-likeness (QED) is 0.803. The minimum Gasteiger partial charge on any atom is -0.384 e. The van der Waals surface area contributed by atoms with E-state index in [-0.39, 0.29) is 17.7 Å². The van der Waals surface area contributed by atoms with Crippen LogP contribution in [0.4, 0.5) is 5.82 Å². The van der Waals surface area contributed by atoms with E-state index in [0.717, 1.165) is 17.9 Å². The van der Waals surface area contributed by atoms with Crippen LogP contribution in [-0.4, -0.2) is 54.6 Å². The number of hydrogen-bond donors (Lipinski definition) is 0. The molecule has 0 saturated carbocycles. The Labute approximate surface area is 148 Å². The first kappa shape index (κ1) is 17.4. The largest absolute Gasteiger partial charge is 0.384 e. The third-order valence-corrected chi connectivity index (χ3v) is 4.65. The highest BCUT2D eigenvalue weighted by Gasteiger charge is 2.39. The highest BCUT2D eigenvalue weighted by Crippen LogP contribution is 2.28. The van der Waals surface area contributed by atoms with Crippen LogP contribution in [0.1, 0.15) is 5.56 Å². The van der Waals surface area contributed by atoms with Crippen molar-refractivity contribution in [2.24, 2.45) is 11.8 Å². The molecule has 0 aliphatic carbocycles. The van der Waals surface area contributed by atoms with Gasteiger partial charge in [-0.15, -0.1) is 0 Å². The van der Waals surface area contributed by atoms with Crippen LogP contribution in [-0.2, 0) is 16.1 Å². The zero-order valence-corrected chi connectivity index (χ0v) is 14.7. The summed E-state index contributed by atoms with van der Waals surface area (Å²) in [6, 6.07) is 10.0. The monoisotopic (exact) mass is 340 g/mol. The Morgan fingerprint density at radius 1 is 1.28 bits per heavy atom. The van der Waals surface area contributed by atoms with Crippen molar-refractivity contribution in [1.29, 1.82) is 0 Å². The van der Waals surface area contributed by atoms with Crippen molar-refractivity contribution in [2.45, 2.75) is 6.54 Å². The van der Waals surface area contributed by atoms with E-state index in [1.807, 2.05) is 42.3 Å². The van der Waals surface area contributed by atoms with Crippen LogP contribution in [0.5, 0.6) is 0 Å². The Morgan fingerprint density at radius 3 is 2.76 bits per heavy atom. The first-order valence-electron chi connectivity index (χ1n) is 8.48. The molecule has 2 heterocycles. The van der Waals surface area contributed by atoms with Crippen molar-refractivity contribution < 1.29 is 9.53 Å². The van der Waals surface area contributed by atoms with Crippen LogP contribution < -0.4 is 4.90 Å². The zero-order chi connectivity index (χ0) is 17.6. The van der Waals surface area contributed by atoms with Gasteiger partial charge in [0.15, 0.2) is 0 Å². The molecule has 1 aromatic heterocycles. The molecule has 1 aliphatic heterocycles. The van der Waals surface area contributed by atoms with Gasteiger partial charge in [0.1, 0.15) is 5.82 Å². The molecule has 132 valence electrons. The Hall–Kier alpha value is -2.47. The summed E-state index contributed by atoms with van der Waals surface area (Å²) in [7, 11) is 3.55. The van der Waals surface area contributed by atoms with E-state index in [9.17, 15) is 4.79 Å². The molecule has 0 radical (unpaired) electrons. The second-order valence-electron chi connectivity index (χ2n) is 6.47. The van der Waals surface area contributed by atoms with E-state index in [4.69, 9.17) is 4.74 Å². The van der Waals surface area contributed by atoms with E-state index in [2.05, 4.69) is 14.9 Å². The van der Waals surface area contributed by atoms with Crippen LogP contribution in [0, 0.1) is 11.8 Å². The van der Waals surface area contributed by atoms with Crippen LogP contribution in [0.2, 0.25) is 0 Å². The molecular weight excluding hydrogens is 316 g/mol. The maximum Gasteiger partial charge on any atom is 0.227 e. The summed E-state index contributed by atoms with van der Waals surface area (Å²) in [4.78, 5) is 25.4. The maximum atomic E-state index is 13.0. The molecule has 6 nitrogen and oxygen atoms in total. The van der Waals surface area contributed by atoms with Crippen molar-refractivity contribution in [3.63, 3.8) is 0 Å². The number of nitrogens with zero attached hydrogens (tertiary/aromatic N) is 4. The SMILES string of the molecule is COC[C@@H]1CN(c2cnccn2)C[C@H]1C(=O)N(C)Cc1ccccc1.